The summed E-state index contributed by atoms with van der Waals surface area (Å²) in [5.41, 5.74) is 0. The van der Waals surface area contributed by atoms with Crippen LogP contribution < -0.4 is 5.32 Å². The Hall–Kier alpha value is -0.0800. The molecule has 2 aliphatic carbocycles. The molecule has 2 aliphatic rings. The van der Waals surface area contributed by atoms with Gasteiger partial charge in [-0.25, -0.2) is 0 Å². The Morgan fingerprint density at radius 2 is 1.92 bits per heavy atom. The zero-order valence-electron chi connectivity index (χ0n) is 8.59. The van der Waals surface area contributed by atoms with Crippen LogP contribution in [-0.2, 0) is 4.74 Å². The summed E-state index contributed by atoms with van der Waals surface area (Å²) in [5.74, 6) is 0. The molecule has 13 heavy (non-hydrogen) atoms. The topological polar surface area (TPSA) is 21.3 Å². The van der Waals surface area contributed by atoms with Gasteiger partial charge in [0.2, 0.25) is 0 Å². The van der Waals surface area contributed by atoms with Gasteiger partial charge < -0.3 is 10.1 Å². The van der Waals surface area contributed by atoms with Crippen LogP contribution in [0.1, 0.15) is 45.4 Å². The Kier molecular flexibility index (Phi) is 3.23. The highest BCUT2D eigenvalue weighted by molar-refractivity contribution is 4.81. The highest BCUT2D eigenvalue weighted by Crippen LogP contribution is 2.22. The van der Waals surface area contributed by atoms with Crippen molar-refractivity contribution < 1.29 is 4.74 Å². The van der Waals surface area contributed by atoms with Crippen LogP contribution in [0.3, 0.4) is 0 Å². The summed E-state index contributed by atoms with van der Waals surface area (Å²) in [6.07, 6.45) is 9.02. The van der Waals surface area contributed by atoms with E-state index in [9.17, 15) is 0 Å². The smallest absolute Gasteiger partial charge is 0.0675 e. The highest BCUT2D eigenvalue weighted by Gasteiger charge is 2.22. The second kappa shape index (κ2) is 4.43. The molecule has 0 bridgehead atoms. The standard InChI is InChI=1S/C11H21NO/c1-9(8-12-10-6-7-10)13-11-4-2-3-5-11/h9-12H,2-8H2,1H3. The fourth-order valence-corrected chi connectivity index (χ4v) is 2.02. The van der Waals surface area contributed by atoms with Gasteiger partial charge in [0.25, 0.3) is 0 Å². The molecular weight excluding hydrogens is 162 g/mol. The van der Waals surface area contributed by atoms with Crippen molar-refractivity contribution in [2.45, 2.75) is 63.7 Å². The lowest BCUT2D eigenvalue weighted by Gasteiger charge is -2.18. The molecule has 0 amide bonds. The van der Waals surface area contributed by atoms with Crippen LogP contribution in [0.4, 0.5) is 0 Å². The van der Waals surface area contributed by atoms with Crippen molar-refractivity contribution in [3.63, 3.8) is 0 Å². The van der Waals surface area contributed by atoms with E-state index < -0.39 is 0 Å². The Morgan fingerprint density at radius 3 is 2.54 bits per heavy atom. The molecule has 0 saturated heterocycles. The minimum Gasteiger partial charge on any atom is -0.374 e. The molecule has 0 aromatic carbocycles. The molecule has 1 N–H and O–H groups in total. The largest absolute Gasteiger partial charge is 0.374 e. The van der Waals surface area contributed by atoms with Crippen LogP contribution in [0.5, 0.6) is 0 Å². The Labute approximate surface area is 81.0 Å². The van der Waals surface area contributed by atoms with Gasteiger partial charge in [-0.15, -0.1) is 0 Å². The van der Waals surface area contributed by atoms with Gasteiger partial charge >= 0.3 is 0 Å². The molecule has 0 heterocycles. The highest BCUT2D eigenvalue weighted by atomic mass is 16.5. The lowest BCUT2D eigenvalue weighted by Crippen LogP contribution is -2.30. The molecule has 1 atom stereocenters. The maximum absolute atomic E-state index is 5.93. The van der Waals surface area contributed by atoms with Crippen molar-refractivity contribution >= 4 is 0 Å². The molecule has 0 aliphatic heterocycles. The van der Waals surface area contributed by atoms with E-state index >= 15 is 0 Å². The summed E-state index contributed by atoms with van der Waals surface area (Å²) in [5, 5.41) is 3.51. The first-order chi connectivity index (χ1) is 6.34. The van der Waals surface area contributed by atoms with Gasteiger partial charge in [-0.3, -0.25) is 0 Å². The van der Waals surface area contributed by atoms with E-state index in [0.717, 1.165) is 12.6 Å². The monoisotopic (exact) mass is 183 g/mol. The van der Waals surface area contributed by atoms with Gasteiger partial charge in [0.1, 0.15) is 0 Å². The summed E-state index contributed by atoms with van der Waals surface area (Å²) in [6.45, 7) is 3.23. The van der Waals surface area contributed by atoms with Crippen molar-refractivity contribution in [3.8, 4) is 0 Å². The number of hydrogen-bond acceptors (Lipinski definition) is 2. The lowest BCUT2D eigenvalue weighted by atomic mass is 10.3. The van der Waals surface area contributed by atoms with Crippen LogP contribution >= 0.6 is 0 Å². The Bertz CT molecular complexity index is 150. The second-order valence-corrected chi connectivity index (χ2v) is 4.54. The van der Waals surface area contributed by atoms with E-state index in [-0.39, 0.29) is 0 Å². The quantitative estimate of drug-likeness (QED) is 0.704. The summed E-state index contributed by atoms with van der Waals surface area (Å²) in [4.78, 5) is 0. The fourth-order valence-electron chi connectivity index (χ4n) is 2.02. The summed E-state index contributed by atoms with van der Waals surface area (Å²) in [6, 6.07) is 0.814. The summed E-state index contributed by atoms with van der Waals surface area (Å²) >= 11 is 0. The average Bonchev–Trinajstić information content (AvgIpc) is 2.82. The normalized spacial score (nSPS) is 26.5. The number of hydrogen-bond donors (Lipinski definition) is 1. The molecule has 0 aromatic rings. The van der Waals surface area contributed by atoms with Crippen LogP contribution in [0, 0.1) is 0 Å². The minimum atomic E-state index is 0.406. The molecule has 2 fully saturated rings. The zero-order valence-corrected chi connectivity index (χ0v) is 8.59. The molecule has 2 nitrogen and oxygen atoms in total. The van der Waals surface area contributed by atoms with E-state index in [1.54, 1.807) is 0 Å². The third-order valence-corrected chi connectivity index (χ3v) is 3.00. The van der Waals surface area contributed by atoms with Crippen molar-refractivity contribution in [1.29, 1.82) is 0 Å². The minimum absolute atomic E-state index is 0.406. The number of nitrogens with one attached hydrogen (secondary N) is 1. The third-order valence-electron chi connectivity index (χ3n) is 3.00. The molecule has 0 aromatic heterocycles. The van der Waals surface area contributed by atoms with Crippen LogP contribution in [0.25, 0.3) is 0 Å². The first kappa shape index (κ1) is 9.47. The van der Waals surface area contributed by atoms with Gasteiger partial charge in [0.15, 0.2) is 0 Å². The Balaban J connectivity index is 1.56. The van der Waals surface area contributed by atoms with Gasteiger partial charge in [0, 0.05) is 12.6 Å². The maximum Gasteiger partial charge on any atom is 0.0675 e. The molecule has 2 saturated carbocycles. The van der Waals surface area contributed by atoms with E-state index in [0.29, 0.717) is 12.2 Å². The van der Waals surface area contributed by atoms with E-state index in [2.05, 4.69) is 12.2 Å². The van der Waals surface area contributed by atoms with Gasteiger partial charge in [-0.2, -0.15) is 0 Å². The van der Waals surface area contributed by atoms with E-state index in [1.807, 2.05) is 0 Å². The second-order valence-electron chi connectivity index (χ2n) is 4.54. The van der Waals surface area contributed by atoms with E-state index in [4.69, 9.17) is 4.74 Å². The fraction of sp³-hybridized carbons (Fsp3) is 1.00. The predicted molar refractivity (Wildman–Crippen MR) is 53.8 cm³/mol. The number of rotatable bonds is 5. The van der Waals surface area contributed by atoms with Crippen LogP contribution in [0.15, 0.2) is 0 Å². The Morgan fingerprint density at radius 1 is 1.23 bits per heavy atom. The van der Waals surface area contributed by atoms with Crippen molar-refractivity contribution in [3.05, 3.63) is 0 Å². The first-order valence-corrected chi connectivity index (χ1v) is 5.73. The molecule has 0 radical (unpaired) electrons. The van der Waals surface area contributed by atoms with E-state index in [1.165, 1.54) is 38.5 Å². The summed E-state index contributed by atoms with van der Waals surface area (Å²) < 4.78 is 5.93. The van der Waals surface area contributed by atoms with Crippen molar-refractivity contribution in [2.75, 3.05) is 6.54 Å². The average molecular weight is 183 g/mol. The molecule has 2 rings (SSSR count). The van der Waals surface area contributed by atoms with Crippen molar-refractivity contribution in [1.82, 2.24) is 5.32 Å². The number of ether oxygens (including phenoxy) is 1. The van der Waals surface area contributed by atoms with Crippen LogP contribution in [-0.4, -0.2) is 24.8 Å². The zero-order chi connectivity index (χ0) is 9.10. The van der Waals surface area contributed by atoms with Crippen LogP contribution in [0.2, 0.25) is 0 Å². The van der Waals surface area contributed by atoms with Gasteiger partial charge in [-0.05, 0) is 32.6 Å². The molecule has 76 valence electrons. The maximum atomic E-state index is 5.93. The lowest BCUT2D eigenvalue weighted by molar-refractivity contribution is 0.00296. The third kappa shape index (κ3) is 3.28. The van der Waals surface area contributed by atoms with Crippen molar-refractivity contribution in [2.24, 2.45) is 0 Å². The van der Waals surface area contributed by atoms with Gasteiger partial charge in [-0.1, -0.05) is 12.8 Å². The molecule has 2 heteroatoms. The first-order valence-electron chi connectivity index (χ1n) is 5.73. The predicted octanol–water partition coefficient (Wildman–Crippen LogP) is 2.09. The SMILES string of the molecule is CC(CNC1CC1)OC1CCCC1. The summed E-state index contributed by atoms with van der Waals surface area (Å²) in [7, 11) is 0. The van der Waals surface area contributed by atoms with Gasteiger partial charge in [0.05, 0.1) is 12.2 Å². The molecular formula is C11H21NO. The molecule has 1 unspecified atom stereocenters. The molecule has 0 spiro atoms.